The van der Waals surface area contributed by atoms with Crippen molar-refractivity contribution in [2.24, 2.45) is 5.73 Å². The third-order valence-electron chi connectivity index (χ3n) is 2.06. The van der Waals surface area contributed by atoms with Crippen molar-refractivity contribution in [3.05, 3.63) is 0 Å². The zero-order valence-electron chi connectivity index (χ0n) is 9.94. The summed E-state index contributed by atoms with van der Waals surface area (Å²) in [5, 5.41) is 0. The summed E-state index contributed by atoms with van der Waals surface area (Å²) in [7, 11) is 0. The molecular weight excluding hydrogens is 158 g/mol. The molecule has 1 heteroatoms. The minimum absolute atomic E-state index is 0.867. The molecule has 0 radical (unpaired) electrons. The lowest BCUT2D eigenvalue weighted by Crippen LogP contribution is -1.97. The van der Waals surface area contributed by atoms with Gasteiger partial charge >= 0.3 is 0 Å². The molecule has 0 heterocycles. The van der Waals surface area contributed by atoms with Gasteiger partial charge in [-0.25, -0.2) is 0 Å². The average Bonchev–Trinajstić information content (AvgIpc) is 2.18. The van der Waals surface area contributed by atoms with Crippen LogP contribution in [0.2, 0.25) is 0 Å². The van der Waals surface area contributed by atoms with Crippen LogP contribution in [0, 0.1) is 0 Å². The van der Waals surface area contributed by atoms with Crippen molar-refractivity contribution in [3.8, 4) is 0 Å². The summed E-state index contributed by atoms with van der Waals surface area (Å²) in [6.45, 7) is 7.47. The Morgan fingerprint density at radius 3 is 1.46 bits per heavy atom. The molecule has 0 rings (SSSR count). The van der Waals surface area contributed by atoms with E-state index in [0.29, 0.717) is 0 Å². The van der Waals surface area contributed by atoms with Crippen LogP contribution < -0.4 is 5.73 Å². The van der Waals surface area contributed by atoms with Crippen molar-refractivity contribution in [1.29, 1.82) is 0 Å². The van der Waals surface area contributed by atoms with Gasteiger partial charge in [-0.15, -0.1) is 0 Å². The Kier molecular flexibility index (Phi) is 21.2. The molecule has 0 amide bonds. The summed E-state index contributed by atoms with van der Waals surface area (Å²) in [6.07, 6.45) is 10.7. The lowest BCUT2D eigenvalue weighted by Gasteiger charge is -1.96. The fourth-order valence-corrected chi connectivity index (χ4v) is 0.925. The van der Waals surface area contributed by atoms with Crippen molar-refractivity contribution in [3.63, 3.8) is 0 Å². The number of hydrogen-bond donors (Lipinski definition) is 1. The summed E-state index contributed by atoms with van der Waals surface area (Å²) in [5.41, 5.74) is 5.34. The molecule has 0 aliphatic carbocycles. The lowest BCUT2D eigenvalue weighted by atomic mass is 10.1. The van der Waals surface area contributed by atoms with Crippen molar-refractivity contribution in [2.45, 2.75) is 72.1 Å². The molecule has 0 aliphatic heterocycles. The van der Waals surface area contributed by atoms with Crippen molar-refractivity contribution >= 4 is 0 Å². The SMILES string of the molecule is CCCC.CCCCCCCCN. The lowest BCUT2D eigenvalue weighted by molar-refractivity contribution is 0.612. The standard InChI is InChI=1S/C8H19N.C4H10/c1-2-3-4-5-6-7-8-9;1-3-4-2/h2-9H2,1H3;3-4H2,1-2H3. The van der Waals surface area contributed by atoms with Gasteiger partial charge < -0.3 is 5.73 Å². The Bertz CT molecular complexity index is 54.1. The molecule has 0 atom stereocenters. The van der Waals surface area contributed by atoms with Gasteiger partial charge in [0, 0.05) is 0 Å². The molecule has 1 nitrogen and oxygen atoms in total. The van der Waals surface area contributed by atoms with Crippen LogP contribution >= 0.6 is 0 Å². The maximum absolute atomic E-state index is 5.34. The fourth-order valence-electron chi connectivity index (χ4n) is 0.925. The zero-order valence-corrected chi connectivity index (χ0v) is 9.94. The first-order chi connectivity index (χ1) is 6.33. The van der Waals surface area contributed by atoms with Gasteiger partial charge in [0.05, 0.1) is 0 Å². The molecule has 13 heavy (non-hydrogen) atoms. The van der Waals surface area contributed by atoms with E-state index >= 15 is 0 Å². The monoisotopic (exact) mass is 187 g/mol. The van der Waals surface area contributed by atoms with E-state index in [1.807, 2.05) is 0 Å². The molecule has 0 unspecified atom stereocenters. The first kappa shape index (κ1) is 15.4. The van der Waals surface area contributed by atoms with E-state index in [4.69, 9.17) is 5.73 Å². The normalized spacial score (nSPS) is 9.23. The molecule has 0 bridgehead atoms. The highest BCUT2D eigenvalue weighted by molar-refractivity contribution is 4.43. The summed E-state index contributed by atoms with van der Waals surface area (Å²) in [4.78, 5) is 0. The van der Waals surface area contributed by atoms with Gasteiger partial charge in [-0.1, -0.05) is 65.7 Å². The second-order valence-corrected chi connectivity index (χ2v) is 3.56. The summed E-state index contributed by atoms with van der Waals surface area (Å²) < 4.78 is 0. The predicted octanol–water partition coefficient (Wildman–Crippen LogP) is 4.11. The third kappa shape index (κ3) is 24.5. The van der Waals surface area contributed by atoms with Crippen LogP contribution in [0.1, 0.15) is 72.1 Å². The van der Waals surface area contributed by atoms with Gasteiger partial charge in [0.2, 0.25) is 0 Å². The first-order valence-electron chi connectivity index (χ1n) is 6.03. The van der Waals surface area contributed by atoms with Crippen molar-refractivity contribution in [2.75, 3.05) is 6.54 Å². The Hall–Kier alpha value is -0.0400. The maximum atomic E-state index is 5.34. The molecule has 0 aromatic carbocycles. The van der Waals surface area contributed by atoms with E-state index in [0.717, 1.165) is 6.54 Å². The minimum Gasteiger partial charge on any atom is -0.330 e. The van der Waals surface area contributed by atoms with Gasteiger partial charge in [-0.3, -0.25) is 0 Å². The molecule has 0 aromatic heterocycles. The third-order valence-corrected chi connectivity index (χ3v) is 2.06. The number of rotatable bonds is 7. The first-order valence-corrected chi connectivity index (χ1v) is 6.03. The highest BCUT2D eigenvalue weighted by atomic mass is 14.5. The predicted molar refractivity (Wildman–Crippen MR) is 63.0 cm³/mol. The quantitative estimate of drug-likeness (QED) is 0.596. The molecule has 0 saturated carbocycles. The fraction of sp³-hybridized carbons (Fsp3) is 1.00. The smallest absolute Gasteiger partial charge is 0.00773 e. The Balaban J connectivity index is 0. The average molecular weight is 187 g/mol. The van der Waals surface area contributed by atoms with Crippen LogP contribution in [0.3, 0.4) is 0 Å². The van der Waals surface area contributed by atoms with Crippen LogP contribution in [0.25, 0.3) is 0 Å². The van der Waals surface area contributed by atoms with Crippen LogP contribution in [-0.2, 0) is 0 Å². The van der Waals surface area contributed by atoms with E-state index in [-0.39, 0.29) is 0 Å². The second kappa shape index (κ2) is 17.9. The summed E-state index contributed by atoms with van der Waals surface area (Å²) >= 11 is 0. The summed E-state index contributed by atoms with van der Waals surface area (Å²) in [6, 6.07) is 0. The molecule has 0 saturated heterocycles. The van der Waals surface area contributed by atoms with E-state index in [1.54, 1.807) is 0 Å². The Morgan fingerprint density at radius 1 is 0.615 bits per heavy atom. The van der Waals surface area contributed by atoms with E-state index in [9.17, 15) is 0 Å². The zero-order chi connectivity index (χ0) is 10.4. The molecular formula is C12H29N. The largest absolute Gasteiger partial charge is 0.330 e. The topological polar surface area (TPSA) is 26.0 Å². The van der Waals surface area contributed by atoms with E-state index in [1.165, 1.54) is 51.4 Å². The number of nitrogens with two attached hydrogens (primary N) is 1. The molecule has 0 spiro atoms. The van der Waals surface area contributed by atoms with Gasteiger partial charge in [-0.2, -0.15) is 0 Å². The maximum Gasteiger partial charge on any atom is -0.00773 e. The molecule has 0 aromatic rings. The summed E-state index contributed by atoms with van der Waals surface area (Å²) in [5.74, 6) is 0. The van der Waals surface area contributed by atoms with Gasteiger partial charge in [0.1, 0.15) is 0 Å². The van der Waals surface area contributed by atoms with Crippen LogP contribution in [0.5, 0.6) is 0 Å². The molecule has 2 N–H and O–H groups in total. The van der Waals surface area contributed by atoms with Crippen LogP contribution in [-0.4, -0.2) is 6.54 Å². The minimum atomic E-state index is 0.867. The highest BCUT2D eigenvalue weighted by Crippen LogP contribution is 2.03. The highest BCUT2D eigenvalue weighted by Gasteiger charge is 1.85. The van der Waals surface area contributed by atoms with E-state index < -0.39 is 0 Å². The van der Waals surface area contributed by atoms with E-state index in [2.05, 4.69) is 20.8 Å². The second-order valence-electron chi connectivity index (χ2n) is 3.56. The Morgan fingerprint density at radius 2 is 1.08 bits per heavy atom. The number of hydrogen-bond acceptors (Lipinski definition) is 1. The van der Waals surface area contributed by atoms with Crippen molar-refractivity contribution < 1.29 is 0 Å². The Labute approximate surface area is 85.1 Å². The van der Waals surface area contributed by atoms with Crippen molar-refractivity contribution in [1.82, 2.24) is 0 Å². The molecule has 82 valence electrons. The molecule has 0 aliphatic rings. The van der Waals surface area contributed by atoms with Crippen LogP contribution in [0.4, 0.5) is 0 Å². The number of unbranched alkanes of at least 4 members (excludes halogenated alkanes) is 6. The van der Waals surface area contributed by atoms with Crippen LogP contribution in [0.15, 0.2) is 0 Å². The molecule has 0 fully saturated rings. The van der Waals surface area contributed by atoms with Gasteiger partial charge in [0.25, 0.3) is 0 Å². The van der Waals surface area contributed by atoms with Gasteiger partial charge in [-0.05, 0) is 13.0 Å². The van der Waals surface area contributed by atoms with Gasteiger partial charge in [0.15, 0.2) is 0 Å².